The molecule has 4 aromatic heterocycles. The van der Waals surface area contributed by atoms with Crippen molar-refractivity contribution in [1.29, 1.82) is 0 Å². The average molecular weight is 423 g/mol. The molecule has 4 aromatic rings. The van der Waals surface area contributed by atoms with Gasteiger partial charge in [0.15, 0.2) is 17.3 Å². The molecular weight excluding hydrogens is 396 g/mol. The van der Waals surface area contributed by atoms with Crippen molar-refractivity contribution in [2.45, 2.75) is 38.9 Å². The summed E-state index contributed by atoms with van der Waals surface area (Å²) in [5.74, 6) is 1.64. The van der Waals surface area contributed by atoms with E-state index in [9.17, 15) is 0 Å². The lowest BCUT2D eigenvalue weighted by Crippen LogP contribution is -2.48. The standard InChI is InChI=1S/C20H26N8OSi/c1-20(2,3)30(5,6)29-28-17(13-8-7-11-22-16(13)21)24-14-9-10-15(25-18(14)28)19-26-23-12-27(19)4/h7-12H,1-6H3,(H2,21,22). The Morgan fingerprint density at radius 3 is 2.47 bits per heavy atom. The van der Waals surface area contributed by atoms with E-state index in [-0.39, 0.29) is 5.04 Å². The molecule has 0 bridgehead atoms. The lowest BCUT2D eigenvalue weighted by molar-refractivity contribution is 0.264. The Bertz CT molecular complexity index is 1220. The van der Waals surface area contributed by atoms with Crippen molar-refractivity contribution in [2.75, 3.05) is 5.73 Å². The highest BCUT2D eigenvalue weighted by atomic mass is 28.4. The second kappa shape index (κ2) is 6.91. The number of nitrogens with two attached hydrogens (primary N) is 1. The smallest absolute Gasteiger partial charge is 0.284 e. The van der Waals surface area contributed by atoms with Crippen molar-refractivity contribution in [3.05, 3.63) is 36.8 Å². The first-order valence-electron chi connectivity index (χ1n) is 9.73. The molecule has 0 radical (unpaired) electrons. The van der Waals surface area contributed by atoms with Crippen LogP contribution < -0.4 is 10.3 Å². The third kappa shape index (κ3) is 3.32. The van der Waals surface area contributed by atoms with Crippen LogP contribution >= 0.6 is 0 Å². The van der Waals surface area contributed by atoms with Gasteiger partial charge in [-0.3, -0.25) is 0 Å². The molecule has 0 aliphatic rings. The van der Waals surface area contributed by atoms with Crippen LogP contribution in [-0.4, -0.2) is 42.8 Å². The molecule has 9 nitrogen and oxygen atoms in total. The zero-order valence-electron chi connectivity index (χ0n) is 18.1. The Morgan fingerprint density at radius 2 is 1.83 bits per heavy atom. The average Bonchev–Trinajstić information content (AvgIpc) is 3.24. The summed E-state index contributed by atoms with van der Waals surface area (Å²) in [6.07, 6.45) is 3.30. The van der Waals surface area contributed by atoms with E-state index in [1.54, 1.807) is 17.3 Å². The molecule has 0 aliphatic heterocycles. The van der Waals surface area contributed by atoms with Crippen LogP contribution in [0.2, 0.25) is 18.1 Å². The van der Waals surface area contributed by atoms with Gasteiger partial charge in [-0.1, -0.05) is 20.8 Å². The Kier molecular flexibility index (Phi) is 4.61. The predicted octanol–water partition coefficient (Wildman–Crippen LogP) is 3.30. The van der Waals surface area contributed by atoms with E-state index in [4.69, 9.17) is 20.2 Å². The van der Waals surface area contributed by atoms with Crippen molar-refractivity contribution in [2.24, 2.45) is 7.05 Å². The number of hydrogen-bond acceptors (Lipinski definition) is 7. The van der Waals surface area contributed by atoms with Gasteiger partial charge in [-0.15, -0.1) is 10.2 Å². The molecule has 10 heteroatoms. The summed E-state index contributed by atoms with van der Waals surface area (Å²) in [5.41, 5.74) is 8.88. The fourth-order valence-electron chi connectivity index (χ4n) is 2.81. The molecular formula is C20H26N8OSi. The van der Waals surface area contributed by atoms with E-state index in [2.05, 4.69) is 49.0 Å². The number of rotatable bonds is 4. The maximum absolute atomic E-state index is 6.67. The molecule has 156 valence electrons. The molecule has 0 aromatic carbocycles. The lowest BCUT2D eigenvalue weighted by Gasteiger charge is -2.36. The van der Waals surface area contributed by atoms with Gasteiger partial charge in [-0.25, -0.2) is 15.0 Å². The van der Waals surface area contributed by atoms with Gasteiger partial charge < -0.3 is 14.8 Å². The SMILES string of the molecule is Cn1cnnc1-c1ccc2nc(-c3cccnc3N)n(O[Si](C)(C)C(C)(C)C)c2n1. The summed E-state index contributed by atoms with van der Waals surface area (Å²) in [4.78, 5) is 13.8. The molecule has 0 saturated heterocycles. The Balaban J connectivity index is 1.97. The van der Waals surface area contributed by atoms with Crippen LogP contribution in [0.15, 0.2) is 36.8 Å². The van der Waals surface area contributed by atoms with Crippen molar-refractivity contribution in [1.82, 2.24) is 34.4 Å². The summed E-state index contributed by atoms with van der Waals surface area (Å²) >= 11 is 0. The van der Waals surface area contributed by atoms with E-state index in [1.807, 2.05) is 35.9 Å². The second-order valence-electron chi connectivity index (χ2n) is 8.82. The lowest BCUT2D eigenvalue weighted by atomic mass is 10.2. The highest BCUT2D eigenvalue weighted by Crippen LogP contribution is 2.37. The van der Waals surface area contributed by atoms with Gasteiger partial charge in [-0.2, -0.15) is 4.73 Å². The number of fused-ring (bicyclic) bond motifs is 1. The minimum absolute atomic E-state index is 0.0114. The fourth-order valence-corrected chi connectivity index (χ4v) is 3.71. The van der Waals surface area contributed by atoms with Gasteiger partial charge in [0.05, 0.1) is 5.56 Å². The van der Waals surface area contributed by atoms with Crippen molar-refractivity contribution in [3.8, 4) is 22.9 Å². The molecule has 2 N–H and O–H groups in total. The molecule has 0 atom stereocenters. The largest absolute Gasteiger partial charge is 0.466 e. The number of nitrogen functional groups attached to an aromatic ring is 1. The van der Waals surface area contributed by atoms with Gasteiger partial charge in [-0.05, 0) is 42.4 Å². The number of anilines is 1. The Labute approximate surface area is 176 Å². The summed E-state index contributed by atoms with van der Waals surface area (Å²) < 4.78 is 10.2. The third-order valence-electron chi connectivity index (χ3n) is 5.61. The number of hydrogen-bond donors (Lipinski definition) is 1. The first-order valence-corrected chi connectivity index (χ1v) is 12.6. The molecule has 0 spiro atoms. The molecule has 0 aliphatic carbocycles. The topological polar surface area (TPSA) is 110 Å². The highest BCUT2D eigenvalue weighted by Gasteiger charge is 2.41. The van der Waals surface area contributed by atoms with Crippen LogP contribution in [0.5, 0.6) is 0 Å². The molecule has 0 amide bonds. The first-order chi connectivity index (χ1) is 14.1. The van der Waals surface area contributed by atoms with Crippen molar-refractivity contribution in [3.63, 3.8) is 0 Å². The van der Waals surface area contributed by atoms with Gasteiger partial charge in [0.1, 0.15) is 23.4 Å². The second-order valence-corrected chi connectivity index (χ2v) is 13.5. The van der Waals surface area contributed by atoms with Gasteiger partial charge in [0, 0.05) is 13.2 Å². The third-order valence-corrected chi connectivity index (χ3v) is 9.86. The van der Waals surface area contributed by atoms with E-state index in [1.165, 1.54) is 0 Å². The summed E-state index contributed by atoms with van der Waals surface area (Å²) in [6.45, 7) is 10.9. The maximum atomic E-state index is 6.67. The van der Waals surface area contributed by atoms with Crippen LogP contribution in [0.25, 0.3) is 34.1 Å². The van der Waals surface area contributed by atoms with Gasteiger partial charge in [0.25, 0.3) is 8.32 Å². The van der Waals surface area contributed by atoms with E-state index < -0.39 is 8.32 Å². The van der Waals surface area contributed by atoms with Crippen LogP contribution in [0.3, 0.4) is 0 Å². The fraction of sp³-hybridized carbons (Fsp3) is 0.350. The Hall–Kier alpha value is -3.27. The zero-order chi connectivity index (χ0) is 21.7. The van der Waals surface area contributed by atoms with Gasteiger partial charge >= 0.3 is 0 Å². The van der Waals surface area contributed by atoms with Crippen LogP contribution in [0, 0.1) is 0 Å². The normalized spacial score (nSPS) is 12.5. The summed E-state index contributed by atoms with van der Waals surface area (Å²) in [5, 5.41) is 8.12. The molecule has 4 rings (SSSR count). The number of imidazole rings is 1. The number of pyridine rings is 2. The van der Waals surface area contributed by atoms with Gasteiger partial charge in [0.2, 0.25) is 0 Å². The van der Waals surface area contributed by atoms with E-state index in [0.29, 0.717) is 39.9 Å². The monoisotopic (exact) mass is 422 g/mol. The summed E-state index contributed by atoms with van der Waals surface area (Å²) in [7, 11) is -0.333. The Morgan fingerprint density at radius 1 is 1.07 bits per heavy atom. The minimum atomic E-state index is -2.21. The quantitative estimate of drug-likeness (QED) is 0.502. The zero-order valence-corrected chi connectivity index (χ0v) is 19.1. The predicted molar refractivity (Wildman–Crippen MR) is 119 cm³/mol. The number of aryl methyl sites for hydroxylation is 1. The maximum Gasteiger partial charge on any atom is 0.284 e. The minimum Gasteiger partial charge on any atom is -0.466 e. The number of aromatic nitrogens is 7. The van der Waals surface area contributed by atoms with Crippen LogP contribution in [0.4, 0.5) is 5.82 Å². The molecule has 0 saturated carbocycles. The highest BCUT2D eigenvalue weighted by molar-refractivity contribution is 6.74. The molecule has 0 unspecified atom stereocenters. The van der Waals surface area contributed by atoms with E-state index in [0.717, 1.165) is 0 Å². The molecule has 0 fully saturated rings. The van der Waals surface area contributed by atoms with Crippen LogP contribution in [-0.2, 0) is 7.05 Å². The first kappa shape index (κ1) is 20.0. The molecule has 30 heavy (non-hydrogen) atoms. The van der Waals surface area contributed by atoms with Crippen molar-refractivity contribution < 1.29 is 4.53 Å². The van der Waals surface area contributed by atoms with Crippen molar-refractivity contribution >= 4 is 25.3 Å². The summed E-state index contributed by atoms with van der Waals surface area (Å²) in [6, 6.07) is 7.51. The molecule has 4 heterocycles. The number of nitrogens with zero attached hydrogens (tertiary/aromatic N) is 7. The van der Waals surface area contributed by atoms with E-state index >= 15 is 0 Å². The van der Waals surface area contributed by atoms with Crippen LogP contribution in [0.1, 0.15) is 20.8 Å².